The Balaban J connectivity index is 1.62. The number of aryl methyl sites for hydroxylation is 2. The Morgan fingerprint density at radius 3 is 2.60 bits per heavy atom. The average molecular weight is 333 g/mol. The number of aromatic nitrogens is 2. The molecule has 1 aliphatic rings. The van der Waals surface area contributed by atoms with Crippen LogP contribution in [0.5, 0.6) is 0 Å². The molecule has 0 aliphatic heterocycles. The highest BCUT2D eigenvalue weighted by Crippen LogP contribution is 2.29. The van der Waals surface area contributed by atoms with Gasteiger partial charge in [0.25, 0.3) is 5.56 Å². The number of benzene rings is 1. The Morgan fingerprint density at radius 1 is 1.12 bits per heavy atom. The molecule has 0 N–H and O–H groups in total. The molecule has 1 aliphatic carbocycles. The van der Waals surface area contributed by atoms with Crippen molar-refractivity contribution in [3.63, 3.8) is 0 Å². The maximum Gasteiger partial charge on any atom is 0.258 e. The van der Waals surface area contributed by atoms with Gasteiger partial charge in [-0.25, -0.2) is 4.98 Å². The minimum atomic E-state index is -0.00483. The maximum atomic E-state index is 12.4. The third-order valence-electron chi connectivity index (χ3n) is 4.87. The summed E-state index contributed by atoms with van der Waals surface area (Å²) in [5.74, 6) is 0. The summed E-state index contributed by atoms with van der Waals surface area (Å²) < 4.78 is 1.63. The van der Waals surface area contributed by atoms with Gasteiger partial charge in [-0.15, -0.1) is 0 Å². The highest BCUT2D eigenvalue weighted by molar-refractivity contribution is 5.46. The van der Waals surface area contributed by atoms with Crippen molar-refractivity contribution in [3.05, 3.63) is 81.4 Å². The molecule has 3 aromatic rings. The minimum Gasteiger partial charge on any atom is -0.290 e. The summed E-state index contributed by atoms with van der Waals surface area (Å²) in [5, 5.41) is 0. The Hall–Kier alpha value is -2.46. The summed E-state index contributed by atoms with van der Waals surface area (Å²) in [7, 11) is 0. The van der Waals surface area contributed by atoms with Crippen LogP contribution in [0.15, 0.2) is 53.5 Å². The molecule has 0 spiro atoms. The van der Waals surface area contributed by atoms with E-state index in [-0.39, 0.29) is 5.56 Å². The van der Waals surface area contributed by atoms with E-state index >= 15 is 0 Å². The molecule has 0 amide bonds. The van der Waals surface area contributed by atoms with Crippen molar-refractivity contribution in [1.82, 2.24) is 14.3 Å². The van der Waals surface area contributed by atoms with E-state index in [9.17, 15) is 4.79 Å². The van der Waals surface area contributed by atoms with E-state index < -0.39 is 0 Å². The lowest BCUT2D eigenvalue weighted by atomic mass is 10.1. The van der Waals surface area contributed by atoms with Crippen molar-refractivity contribution < 1.29 is 0 Å². The van der Waals surface area contributed by atoms with E-state index in [1.54, 1.807) is 16.7 Å². The largest absolute Gasteiger partial charge is 0.290 e. The molecular formula is C21H23N3O. The Morgan fingerprint density at radius 2 is 1.88 bits per heavy atom. The van der Waals surface area contributed by atoms with Crippen LogP contribution in [-0.4, -0.2) is 20.3 Å². The first-order chi connectivity index (χ1) is 12.1. The Labute approximate surface area is 147 Å². The summed E-state index contributed by atoms with van der Waals surface area (Å²) in [6.45, 7) is 5.73. The van der Waals surface area contributed by atoms with Crippen molar-refractivity contribution in [3.8, 4) is 0 Å². The van der Waals surface area contributed by atoms with Crippen LogP contribution in [0.25, 0.3) is 5.65 Å². The molecule has 0 unspecified atom stereocenters. The van der Waals surface area contributed by atoms with E-state index in [4.69, 9.17) is 4.98 Å². The second kappa shape index (κ2) is 6.45. The van der Waals surface area contributed by atoms with E-state index in [0.29, 0.717) is 6.04 Å². The lowest BCUT2D eigenvalue weighted by molar-refractivity contribution is 0.243. The van der Waals surface area contributed by atoms with Crippen molar-refractivity contribution in [2.24, 2.45) is 0 Å². The zero-order valence-electron chi connectivity index (χ0n) is 14.8. The lowest BCUT2D eigenvalue weighted by Gasteiger charge is -2.22. The molecule has 0 atom stereocenters. The van der Waals surface area contributed by atoms with Gasteiger partial charge in [-0.2, -0.15) is 0 Å². The first kappa shape index (κ1) is 16.0. The molecule has 4 heteroatoms. The van der Waals surface area contributed by atoms with Gasteiger partial charge in [0, 0.05) is 31.4 Å². The van der Waals surface area contributed by atoms with E-state index in [1.165, 1.54) is 24.0 Å². The van der Waals surface area contributed by atoms with Crippen LogP contribution in [0.3, 0.4) is 0 Å². The van der Waals surface area contributed by atoms with Gasteiger partial charge in [0.05, 0.1) is 5.69 Å². The summed E-state index contributed by atoms with van der Waals surface area (Å²) in [4.78, 5) is 19.6. The number of nitrogens with zero attached hydrogens (tertiary/aromatic N) is 3. The highest BCUT2D eigenvalue weighted by atomic mass is 16.1. The van der Waals surface area contributed by atoms with Crippen LogP contribution >= 0.6 is 0 Å². The molecule has 0 bridgehead atoms. The fourth-order valence-corrected chi connectivity index (χ4v) is 3.28. The van der Waals surface area contributed by atoms with Gasteiger partial charge in [0.2, 0.25) is 0 Å². The quantitative estimate of drug-likeness (QED) is 0.717. The highest BCUT2D eigenvalue weighted by Gasteiger charge is 2.29. The standard InChI is InChI=1S/C21H23N3O/c1-15-5-7-17(8-6-15)13-23(19-9-10-19)14-18-12-20(25)24-11-3-4-16(2)21(24)22-18/h3-8,11-12,19H,9-10,13-14H2,1-2H3. The third kappa shape index (κ3) is 3.49. The first-order valence-corrected chi connectivity index (χ1v) is 8.88. The van der Waals surface area contributed by atoms with Crippen molar-refractivity contribution >= 4 is 5.65 Å². The number of rotatable bonds is 5. The summed E-state index contributed by atoms with van der Waals surface area (Å²) >= 11 is 0. The van der Waals surface area contributed by atoms with E-state index in [1.807, 2.05) is 19.1 Å². The lowest BCUT2D eigenvalue weighted by Crippen LogP contribution is -2.27. The molecule has 25 heavy (non-hydrogen) atoms. The summed E-state index contributed by atoms with van der Waals surface area (Å²) in [6.07, 6.45) is 4.25. The Bertz CT molecular complexity index is 955. The topological polar surface area (TPSA) is 37.6 Å². The summed E-state index contributed by atoms with van der Waals surface area (Å²) in [5.41, 5.74) is 5.23. The molecule has 1 saturated carbocycles. The van der Waals surface area contributed by atoms with Crippen LogP contribution in [0, 0.1) is 13.8 Å². The van der Waals surface area contributed by atoms with Gasteiger partial charge in [-0.3, -0.25) is 14.1 Å². The van der Waals surface area contributed by atoms with Gasteiger partial charge < -0.3 is 0 Å². The molecule has 4 nitrogen and oxygen atoms in total. The predicted molar refractivity (Wildman–Crippen MR) is 99.6 cm³/mol. The van der Waals surface area contributed by atoms with Gasteiger partial charge in [-0.1, -0.05) is 35.9 Å². The SMILES string of the molecule is Cc1ccc(CN(Cc2cc(=O)n3cccc(C)c3n2)C2CC2)cc1. The van der Waals surface area contributed by atoms with Gasteiger partial charge in [-0.05, 0) is 43.9 Å². The molecular weight excluding hydrogens is 310 g/mol. The zero-order chi connectivity index (χ0) is 17.4. The van der Waals surface area contributed by atoms with Crippen molar-refractivity contribution in [2.75, 3.05) is 0 Å². The second-order valence-electron chi connectivity index (χ2n) is 7.09. The van der Waals surface area contributed by atoms with Crippen molar-refractivity contribution in [1.29, 1.82) is 0 Å². The maximum absolute atomic E-state index is 12.4. The van der Waals surface area contributed by atoms with Gasteiger partial charge in [0.1, 0.15) is 5.65 Å². The second-order valence-corrected chi connectivity index (χ2v) is 7.09. The van der Waals surface area contributed by atoms with Crippen LogP contribution in [0.2, 0.25) is 0 Å². The first-order valence-electron chi connectivity index (χ1n) is 8.88. The predicted octanol–water partition coefficient (Wildman–Crippen LogP) is 3.48. The van der Waals surface area contributed by atoms with Gasteiger partial charge in [0.15, 0.2) is 0 Å². The molecule has 1 aromatic carbocycles. The zero-order valence-corrected chi connectivity index (χ0v) is 14.8. The fourth-order valence-electron chi connectivity index (χ4n) is 3.28. The number of hydrogen-bond acceptors (Lipinski definition) is 3. The van der Waals surface area contributed by atoms with Gasteiger partial charge >= 0.3 is 0 Å². The van der Waals surface area contributed by atoms with Crippen LogP contribution in [0.4, 0.5) is 0 Å². The number of hydrogen-bond donors (Lipinski definition) is 0. The molecule has 128 valence electrons. The average Bonchev–Trinajstić information content (AvgIpc) is 3.42. The molecule has 0 saturated heterocycles. The van der Waals surface area contributed by atoms with Crippen LogP contribution < -0.4 is 5.56 Å². The summed E-state index contributed by atoms with van der Waals surface area (Å²) in [6, 6.07) is 14.9. The third-order valence-corrected chi connectivity index (χ3v) is 4.87. The van der Waals surface area contributed by atoms with Crippen LogP contribution in [0.1, 0.15) is 35.2 Å². The fraction of sp³-hybridized carbons (Fsp3) is 0.333. The van der Waals surface area contributed by atoms with Crippen LogP contribution in [-0.2, 0) is 13.1 Å². The molecule has 1 fully saturated rings. The van der Waals surface area contributed by atoms with E-state index in [2.05, 4.69) is 36.1 Å². The smallest absolute Gasteiger partial charge is 0.258 e. The minimum absolute atomic E-state index is 0.00483. The number of fused-ring (bicyclic) bond motifs is 1. The normalized spacial score (nSPS) is 14.4. The number of pyridine rings is 1. The Kier molecular flexibility index (Phi) is 4.14. The molecule has 2 heterocycles. The van der Waals surface area contributed by atoms with E-state index in [0.717, 1.165) is 30.0 Å². The monoisotopic (exact) mass is 333 g/mol. The van der Waals surface area contributed by atoms with Crippen molar-refractivity contribution in [2.45, 2.75) is 45.8 Å². The molecule has 0 radical (unpaired) electrons. The molecule has 4 rings (SSSR count). The molecule has 2 aromatic heterocycles.